The topological polar surface area (TPSA) is 93.7 Å². The molecule has 1 aliphatic carbocycles. The van der Waals surface area contributed by atoms with E-state index >= 15 is 0 Å². The van der Waals surface area contributed by atoms with Gasteiger partial charge in [0.2, 0.25) is 0 Å². The first-order valence-electron chi connectivity index (χ1n) is 8.58. The van der Waals surface area contributed by atoms with Crippen molar-refractivity contribution in [3.05, 3.63) is 46.5 Å². The van der Waals surface area contributed by atoms with Crippen LogP contribution < -0.4 is 11.1 Å². The number of ether oxygens (including phenoxy) is 1. The molecule has 3 N–H and O–H groups in total. The van der Waals surface area contributed by atoms with E-state index in [0.29, 0.717) is 37.7 Å². The molecule has 1 aliphatic heterocycles. The summed E-state index contributed by atoms with van der Waals surface area (Å²) in [5.41, 5.74) is 4.35. The second-order valence-corrected chi connectivity index (χ2v) is 6.52. The number of likely N-dealkylation sites (tertiary alicyclic amines) is 1. The van der Waals surface area contributed by atoms with Crippen molar-refractivity contribution < 1.29 is 9.66 Å². The van der Waals surface area contributed by atoms with Crippen LogP contribution in [0.4, 0.5) is 0 Å². The van der Waals surface area contributed by atoms with Crippen LogP contribution in [-0.2, 0) is 4.74 Å². The molecule has 134 valence electrons. The number of piperidine rings is 1. The molecule has 0 spiro atoms. The molecule has 2 aliphatic rings. The van der Waals surface area contributed by atoms with E-state index < -0.39 is 5.54 Å². The lowest BCUT2D eigenvalue weighted by atomic mass is 9.89. The Morgan fingerprint density at radius 3 is 2.88 bits per heavy atom. The Kier molecular flexibility index (Phi) is 6.66. The van der Waals surface area contributed by atoms with Crippen molar-refractivity contribution in [2.75, 3.05) is 32.8 Å². The Labute approximate surface area is 143 Å². The van der Waals surface area contributed by atoms with Crippen molar-refractivity contribution in [1.29, 1.82) is 0 Å². The van der Waals surface area contributed by atoms with Gasteiger partial charge in [0.25, 0.3) is 5.54 Å². The maximum absolute atomic E-state index is 11.8. The predicted molar refractivity (Wildman–Crippen MR) is 93.8 cm³/mol. The van der Waals surface area contributed by atoms with Crippen LogP contribution in [0.15, 0.2) is 36.4 Å². The molecule has 0 bridgehead atoms. The van der Waals surface area contributed by atoms with Gasteiger partial charge < -0.3 is 15.8 Å². The van der Waals surface area contributed by atoms with Gasteiger partial charge in [-0.3, -0.25) is 15.0 Å². The molecule has 0 aromatic rings. The van der Waals surface area contributed by atoms with Crippen LogP contribution in [0.5, 0.6) is 0 Å². The van der Waals surface area contributed by atoms with Gasteiger partial charge in [-0.25, -0.2) is 0 Å². The van der Waals surface area contributed by atoms with Crippen molar-refractivity contribution in [2.45, 2.75) is 37.6 Å². The monoisotopic (exact) mass is 336 g/mol. The molecule has 0 radical (unpaired) electrons. The molecule has 0 aromatic heterocycles. The molecule has 1 heterocycles. The summed E-state index contributed by atoms with van der Waals surface area (Å²) in [5, 5.41) is 14.7. The van der Waals surface area contributed by atoms with Gasteiger partial charge in [-0.05, 0) is 44.5 Å². The zero-order valence-electron chi connectivity index (χ0n) is 14.2. The Bertz CT molecular complexity index is 512. The summed E-state index contributed by atoms with van der Waals surface area (Å²) in [6.45, 7) is 7.07. The fourth-order valence-corrected chi connectivity index (χ4v) is 3.17. The maximum atomic E-state index is 11.8. The van der Waals surface area contributed by atoms with E-state index in [0.717, 1.165) is 32.4 Å². The summed E-state index contributed by atoms with van der Waals surface area (Å²) in [6.07, 6.45) is 9.83. The van der Waals surface area contributed by atoms with Crippen LogP contribution in [0.2, 0.25) is 0 Å². The summed E-state index contributed by atoms with van der Waals surface area (Å²) in [4.78, 5) is 13.8. The molecule has 0 amide bonds. The Morgan fingerprint density at radius 2 is 2.21 bits per heavy atom. The predicted octanol–water partition coefficient (Wildman–Crippen LogP) is 1.76. The van der Waals surface area contributed by atoms with E-state index in [1.165, 1.54) is 6.42 Å². The number of nitro groups is 1. The molecule has 1 fully saturated rings. The largest absolute Gasteiger partial charge is 0.498 e. The number of nitrogens with zero attached hydrogens (tertiary/aromatic N) is 2. The third-order valence-electron chi connectivity index (χ3n) is 4.44. The highest BCUT2D eigenvalue weighted by Gasteiger charge is 2.44. The van der Waals surface area contributed by atoms with Crippen molar-refractivity contribution in [2.24, 2.45) is 5.73 Å². The number of nitrogens with two attached hydrogens (primary N) is 1. The van der Waals surface area contributed by atoms with Gasteiger partial charge in [-0.15, -0.1) is 0 Å². The van der Waals surface area contributed by atoms with Gasteiger partial charge in [0.05, 0.1) is 25.4 Å². The normalized spacial score (nSPS) is 24.2. The first-order valence-corrected chi connectivity index (χ1v) is 8.58. The summed E-state index contributed by atoms with van der Waals surface area (Å²) in [5.74, 6) is 1.11. The van der Waals surface area contributed by atoms with Gasteiger partial charge in [-0.1, -0.05) is 19.1 Å². The number of rotatable bonds is 9. The zero-order chi connectivity index (χ0) is 17.4. The van der Waals surface area contributed by atoms with Crippen LogP contribution in [-0.4, -0.2) is 48.1 Å². The summed E-state index contributed by atoms with van der Waals surface area (Å²) >= 11 is 0. The van der Waals surface area contributed by atoms with Gasteiger partial charge >= 0.3 is 0 Å². The van der Waals surface area contributed by atoms with Crippen molar-refractivity contribution in [3.63, 3.8) is 0 Å². The van der Waals surface area contributed by atoms with Crippen LogP contribution in [0.3, 0.4) is 0 Å². The van der Waals surface area contributed by atoms with Crippen LogP contribution >= 0.6 is 0 Å². The van der Waals surface area contributed by atoms with Crippen molar-refractivity contribution in [3.8, 4) is 0 Å². The third kappa shape index (κ3) is 5.26. The Morgan fingerprint density at radius 1 is 1.46 bits per heavy atom. The van der Waals surface area contributed by atoms with Crippen LogP contribution in [0, 0.1) is 10.1 Å². The molecule has 1 unspecified atom stereocenters. The van der Waals surface area contributed by atoms with Gasteiger partial charge in [0.1, 0.15) is 5.76 Å². The Hall–Kier alpha value is -2.02. The molecule has 1 saturated heterocycles. The minimum absolute atomic E-state index is 0.158. The first-order chi connectivity index (χ1) is 11.5. The number of hydrogen-bond acceptors (Lipinski definition) is 6. The van der Waals surface area contributed by atoms with Gasteiger partial charge in [0, 0.05) is 11.5 Å². The molecule has 0 aromatic carbocycles. The van der Waals surface area contributed by atoms with Crippen molar-refractivity contribution in [1.82, 2.24) is 10.2 Å². The maximum Gasteiger partial charge on any atom is 0.260 e. The summed E-state index contributed by atoms with van der Waals surface area (Å²) in [6, 6.07) is 0. The highest BCUT2D eigenvalue weighted by molar-refractivity contribution is 5.23. The molecular weight excluding hydrogens is 308 g/mol. The molecule has 7 heteroatoms. The molecule has 24 heavy (non-hydrogen) atoms. The molecule has 0 saturated carbocycles. The van der Waals surface area contributed by atoms with E-state index in [1.807, 2.05) is 6.08 Å². The lowest BCUT2D eigenvalue weighted by molar-refractivity contribution is -0.556. The van der Waals surface area contributed by atoms with E-state index in [-0.39, 0.29) is 4.92 Å². The Balaban J connectivity index is 1.87. The minimum atomic E-state index is -1.08. The molecule has 7 nitrogen and oxygen atoms in total. The van der Waals surface area contributed by atoms with E-state index in [4.69, 9.17) is 10.5 Å². The first kappa shape index (κ1) is 18.3. The lowest BCUT2D eigenvalue weighted by Crippen LogP contribution is -2.50. The molecule has 2 rings (SSSR count). The van der Waals surface area contributed by atoms with E-state index in [1.54, 1.807) is 12.2 Å². The van der Waals surface area contributed by atoms with Gasteiger partial charge in [0.15, 0.2) is 0 Å². The van der Waals surface area contributed by atoms with Crippen molar-refractivity contribution >= 4 is 0 Å². The number of allylic oxidation sites excluding steroid dienone is 2. The average Bonchev–Trinajstić information content (AvgIpc) is 2.55. The fraction of sp³-hybridized carbons (Fsp3) is 0.647. The van der Waals surface area contributed by atoms with Crippen LogP contribution in [0.1, 0.15) is 32.1 Å². The van der Waals surface area contributed by atoms with Gasteiger partial charge in [-0.2, -0.15) is 0 Å². The highest BCUT2D eigenvalue weighted by atomic mass is 16.6. The number of hydrogen-bond donors (Lipinski definition) is 2. The molecular formula is C17H28N4O3. The smallest absolute Gasteiger partial charge is 0.260 e. The highest BCUT2D eigenvalue weighted by Crippen LogP contribution is 2.29. The second kappa shape index (κ2) is 8.73. The van der Waals surface area contributed by atoms with Crippen LogP contribution in [0.25, 0.3) is 0 Å². The molecule has 1 atom stereocenters. The van der Waals surface area contributed by atoms with E-state index in [2.05, 4.69) is 16.8 Å². The summed E-state index contributed by atoms with van der Waals surface area (Å²) in [7, 11) is 0. The zero-order valence-corrected chi connectivity index (χ0v) is 14.2. The van der Waals surface area contributed by atoms with E-state index in [9.17, 15) is 10.1 Å². The SMILES string of the molecule is C=C(N)NCCCOC1=CC=CC(CN2CCCCC2)([N+](=O)[O-])C1. The average molecular weight is 336 g/mol. The standard InChI is InChI=1S/C17H28N4O3/c1-15(18)19-9-6-12-24-16-7-5-8-17(13-16,21(22)23)14-20-10-3-2-4-11-20/h5,7-8,19H,1-4,6,9-14,18H2. The lowest BCUT2D eigenvalue weighted by Gasteiger charge is -2.33. The third-order valence-corrected chi connectivity index (χ3v) is 4.44. The number of nitrogens with one attached hydrogen (secondary N) is 1. The quantitative estimate of drug-likeness (QED) is 0.378. The summed E-state index contributed by atoms with van der Waals surface area (Å²) < 4.78 is 5.74. The second-order valence-electron chi connectivity index (χ2n) is 6.52. The fourth-order valence-electron chi connectivity index (χ4n) is 3.17. The minimum Gasteiger partial charge on any atom is -0.498 e.